The number of fused-ring (bicyclic) bond motifs is 1. The molecule has 1 aliphatic rings. The molecule has 2 aromatic heterocycles. The van der Waals surface area contributed by atoms with Crippen LogP contribution in [-0.4, -0.2) is 80.8 Å². The number of carbonyl (C=O) groups excluding carboxylic acids is 2. The summed E-state index contributed by atoms with van der Waals surface area (Å²) in [4.78, 5) is 46.0. The third kappa shape index (κ3) is 7.63. The number of hydrogen-bond donors (Lipinski definition) is 4. The fourth-order valence-electron chi connectivity index (χ4n) is 3.93. The average Bonchev–Trinajstić information content (AvgIpc) is 3.39. The molecule has 1 aliphatic heterocycles. The summed E-state index contributed by atoms with van der Waals surface area (Å²) in [6.07, 6.45) is -8.06. The molecule has 5 N–H and O–H groups in total. The van der Waals surface area contributed by atoms with Crippen LogP contribution in [0.2, 0.25) is 0 Å². The molecule has 3 rings (SSSR count). The van der Waals surface area contributed by atoms with E-state index in [9.17, 15) is 27.7 Å². The summed E-state index contributed by atoms with van der Waals surface area (Å²) >= 11 is 0. The predicted molar refractivity (Wildman–Crippen MR) is 138 cm³/mol. The Morgan fingerprint density at radius 2 is 1.88 bits per heavy atom. The number of anilines is 1. The molecule has 2 aromatic rings. The van der Waals surface area contributed by atoms with Gasteiger partial charge in [0.2, 0.25) is 12.2 Å². The summed E-state index contributed by atoms with van der Waals surface area (Å²) in [5.74, 6) is -6.26. The maximum Gasteiger partial charge on any atom is 0.342 e. The number of nitrogens with one attached hydrogen (secondary N) is 3. The van der Waals surface area contributed by atoms with Crippen LogP contribution in [-0.2, 0) is 32.9 Å². The minimum absolute atomic E-state index is 0.400. The van der Waals surface area contributed by atoms with Crippen molar-refractivity contribution in [3.05, 3.63) is 16.7 Å². The summed E-state index contributed by atoms with van der Waals surface area (Å²) in [5, 5.41) is 4.45. The fraction of sp³-hybridized carbons (Fsp3) is 0.682. The quantitative estimate of drug-likeness (QED) is 0.142. The number of nitrogen functional groups attached to an aromatic ring is 1. The van der Waals surface area contributed by atoms with Gasteiger partial charge in [-0.2, -0.15) is 4.98 Å². The van der Waals surface area contributed by atoms with Crippen LogP contribution < -0.4 is 21.5 Å². The van der Waals surface area contributed by atoms with Crippen molar-refractivity contribution >= 4 is 36.7 Å². The Balaban J connectivity index is 1.90. The van der Waals surface area contributed by atoms with Crippen LogP contribution in [0.4, 0.5) is 23.5 Å². The molecule has 0 aliphatic carbocycles. The number of esters is 2. The molecule has 236 valence electrons. The van der Waals surface area contributed by atoms with Gasteiger partial charge in [0.15, 0.2) is 16.8 Å². The van der Waals surface area contributed by atoms with E-state index in [1.165, 1.54) is 6.92 Å². The monoisotopic (exact) mass is 629 g/mol. The van der Waals surface area contributed by atoms with Gasteiger partial charge in [-0.1, -0.05) is 0 Å². The van der Waals surface area contributed by atoms with Crippen LogP contribution in [0, 0.1) is 0 Å². The summed E-state index contributed by atoms with van der Waals surface area (Å²) < 4.78 is 93.9. The SMILES string of the molecule is CC(C)OC(=O)CNP(=O)(NC(C)C(=O)OC(C)C)OCC1(C(F)F)CC(F)(F)C(n2cnc3c(=O)[nH]c(N)nc32)O1. The van der Waals surface area contributed by atoms with Gasteiger partial charge in [-0.3, -0.25) is 28.5 Å². The zero-order chi connectivity index (χ0) is 31.6. The molecule has 0 radical (unpaired) electrons. The van der Waals surface area contributed by atoms with Gasteiger partial charge < -0.3 is 24.5 Å². The molecule has 4 atom stereocenters. The van der Waals surface area contributed by atoms with Gasteiger partial charge in [-0.05, 0) is 34.6 Å². The van der Waals surface area contributed by atoms with Gasteiger partial charge in [-0.25, -0.2) is 32.7 Å². The highest BCUT2D eigenvalue weighted by molar-refractivity contribution is 7.54. The predicted octanol–water partition coefficient (Wildman–Crippen LogP) is 1.86. The Morgan fingerprint density at radius 1 is 1.24 bits per heavy atom. The number of halogens is 4. The lowest BCUT2D eigenvalue weighted by molar-refractivity contribution is -0.178. The summed E-state index contributed by atoms with van der Waals surface area (Å²) in [6.45, 7) is 5.23. The van der Waals surface area contributed by atoms with E-state index in [4.69, 9.17) is 24.5 Å². The van der Waals surface area contributed by atoms with Crippen LogP contribution in [0.25, 0.3) is 11.2 Å². The molecule has 0 bridgehead atoms. The first-order valence-corrected chi connectivity index (χ1v) is 14.2. The Hall–Kier alpha value is -3.12. The first kappa shape index (κ1) is 33.4. The van der Waals surface area contributed by atoms with Gasteiger partial charge in [0, 0.05) is 0 Å². The summed E-state index contributed by atoms with van der Waals surface area (Å²) in [5.41, 5.74) is 0.717. The zero-order valence-corrected chi connectivity index (χ0v) is 24.1. The highest BCUT2D eigenvalue weighted by Crippen LogP contribution is 2.52. The molecule has 3 heterocycles. The lowest BCUT2D eigenvalue weighted by Gasteiger charge is -2.31. The number of ether oxygens (including phenoxy) is 3. The minimum atomic E-state index is -4.63. The molecular formula is C22H32F4N7O8P. The van der Waals surface area contributed by atoms with Crippen molar-refractivity contribution in [2.45, 2.75) is 83.5 Å². The molecule has 1 saturated heterocycles. The van der Waals surface area contributed by atoms with E-state index in [0.29, 0.717) is 4.57 Å². The second-order valence-corrected chi connectivity index (χ2v) is 12.0. The highest BCUT2D eigenvalue weighted by atomic mass is 31.2. The van der Waals surface area contributed by atoms with E-state index in [-0.39, 0.29) is 0 Å². The van der Waals surface area contributed by atoms with Crippen LogP contribution in [0.3, 0.4) is 0 Å². The summed E-state index contributed by atoms with van der Waals surface area (Å²) in [7, 11) is -4.63. The molecule has 0 spiro atoms. The van der Waals surface area contributed by atoms with Gasteiger partial charge in [0.05, 0.1) is 31.6 Å². The molecule has 4 unspecified atom stereocenters. The Morgan fingerprint density at radius 3 is 2.48 bits per heavy atom. The average molecular weight is 630 g/mol. The lowest BCUT2D eigenvalue weighted by Crippen LogP contribution is -2.45. The number of alkyl halides is 4. The number of nitrogens with zero attached hydrogens (tertiary/aromatic N) is 3. The summed E-state index contributed by atoms with van der Waals surface area (Å²) in [6, 6.07) is -1.36. The minimum Gasteiger partial charge on any atom is -0.462 e. The molecule has 1 fully saturated rings. The number of aromatic amines is 1. The topological polar surface area (TPSA) is 202 Å². The molecule has 15 nitrogen and oxygen atoms in total. The van der Waals surface area contributed by atoms with Gasteiger partial charge in [0.1, 0.15) is 12.6 Å². The number of carbonyl (C=O) groups is 2. The Bertz CT molecular complexity index is 1400. The van der Waals surface area contributed by atoms with Crippen molar-refractivity contribution in [1.82, 2.24) is 29.7 Å². The smallest absolute Gasteiger partial charge is 0.342 e. The Kier molecular flexibility index (Phi) is 10.0. The molecule has 20 heteroatoms. The fourth-order valence-corrected chi connectivity index (χ4v) is 5.54. The Labute approximate surface area is 236 Å². The number of imidazole rings is 1. The second kappa shape index (κ2) is 12.6. The first-order valence-electron chi connectivity index (χ1n) is 12.6. The third-order valence-corrected chi connectivity index (χ3v) is 7.50. The van der Waals surface area contributed by atoms with Gasteiger partial charge in [0.25, 0.3) is 17.9 Å². The largest absolute Gasteiger partial charge is 0.462 e. The highest BCUT2D eigenvalue weighted by Gasteiger charge is 2.64. The molecule has 0 aromatic carbocycles. The van der Waals surface area contributed by atoms with Crippen LogP contribution in [0.15, 0.2) is 11.1 Å². The van der Waals surface area contributed by atoms with Crippen molar-refractivity contribution in [1.29, 1.82) is 0 Å². The van der Waals surface area contributed by atoms with E-state index >= 15 is 8.78 Å². The lowest BCUT2D eigenvalue weighted by atomic mass is 10.00. The van der Waals surface area contributed by atoms with Crippen molar-refractivity contribution < 1.29 is 50.5 Å². The second-order valence-electron chi connectivity index (χ2n) is 10.1. The van der Waals surface area contributed by atoms with E-state index < -0.39 is 104 Å². The van der Waals surface area contributed by atoms with Crippen molar-refractivity contribution in [2.24, 2.45) is 0 Å². The molecule has 0 amide bonds. The number of rotatable bonds is 13. The number of nitrogens with two attached hydrogens (primary N) is 1. The standard InChI is InChI=1S/C22H32F4N7O8P/c1-10(2)39-13(34)6-29-42(37,32-12(5)17(36)40-11(3)4)38-8-21(18(23)24)7-22(25,26)19(41-21)33-9-28-14-15(33)30-20(27)31-16(14)35/h9-12,18-19H,6-8H2,1-5H3,(H2,29,32,37)(H3,27,30,31,35). The van der Waals surface area contributed by atoms with Gasteiger partial charge in [-0.15, -0.1) is 0 Å². The third-order valence-electron chi connectivity index (χ3n) is 5.70. The maximum absolute atomic E-state index is 15.3. The van der Waals surface area contributed by atoms with Crippen molar-refractivity contribution in [3.8, 4) is 0 Å². The molecule has 0 saturated carbocycles. The van der Waals surface area contributed by atoms with Crippen LogP contribution in [0.1, 0.15) is 47.3 Å². The van der Waals surface area contributed by atoms with Crippen molar-refractivity contribution in [3.63, 3.8) is 0 Å². The normalized spacial score (nSPS) is 22.5. The van der Waals surface area contributed by atoms with E-state index in [1.807, 2.05) is 0 Å². The van der Waals surface area contributed by atoms with Crippen LogP contribution >= 0.6 is 7.67 Å². The number of H-pyrrole nitrogens is 1. The molecular weight excluding hydrogens is 597 g/mol. The van der Waals surface area contributed by atoms with Gasteiger partial charge >= 0.3 is 19.6 Å². The number of aromatic nitrogens is 4. The zero-order valence-electron chi connectivity index (χ0n) is 23.2. The van der Waals surface area contributed by atoms with E-state index in [2.05, 4.69) is 25.1 Å². The maximum atomic E-state index is 15.3. The van der Waals surface area contributed by atoms with Crippen LogP contribution in [0.5, 0.6) is 0 Å². The van der Waals surface area contributed by atoms with Crippen molar-refractivity contribution in [2.75, 3.05) is 18.9 Å². The van der Waals surface area contributed by atoms with E-state index in [0.717, 1.165) is 6.33 Å². The number of hydrogen-bond acceptors (Lipinski definition) is 11. The first-order chi connectivity index (χ1) is 19.4. The van der Waals surface area contributed by atoms with E-state index in [1.54, 1.807) is 27.7 Å². The molecule has 42 heavy (non-hydrogen) atoms.